The summed E-state index contributed by atoms with van der Waals surface area (Å²) in [6, 6.07) is 0.720. The van der Waals surface area contributed by atoms with E-state index in [2.05, 4.69) is 24.5 Å². The van der Waals surface area contributed by atoms with Gasteiger partial charge in [-0.3, -0.25) is 0 Å². The summed E-state index contributed by atoms with van der Waals surface area (Å²) < 4.78 is 5.14. The molecule has 0 aliphatic heterocycles. The summed E-state index contributed by atoms with van der Waals surface area (Å²) in [6.07, 6.45) is 0.724. The SMILES string of the molecule is CCC(C)NC(C)CNC(=O)OC(C)(C)C. The van der Waals surface area contributed by atoms with Gasteiger partial charge in [-0.15, -0.1) is 0 Å². The summed E-state index contributed by atoms with van der Waals surface area (Å²) in [6.45, 7) is 12.5. The van der Waals surface area contributed by atoms with Crippen LogP contribution in [-0.2, 0) is 4.74 Å². The van der Waals surface area contributed by atoms with Crippen LogP contribution in [0, 0.1) is 0 Å². The Morgan fingerprint density at radius 3 is 2.25 bits per heavy atom. The number of rotatable bonds is 5. The highest BCUT2D eigenvalue weighted by molar-refractivity contribution is 5.67. The minimum atomic E-state index is -0.433. The Morgan fingerprint density at radius 2 is 1.81 bits per heavy atom. The maximum absolute atomic E-state index is 11.4. The van der Waals surface area contributed by atoms with Crippen LogP contribution in [0.3, 0.4) is 0 Å². The second-order valence-electron chi connectivity index (χ2n) is 5.26. The highest BCUT2D eigenvalue weighted by Gasteiger charge is 2.16. The lowest BCUT2D eigenvalue weighted by atomic mass is 10.2. The van der Waals surface area contributed by atoms with E-state index in [1.54, 1.807) is 0 Å². The van der Waals surface area contributed by atoms with E-state index < -0.39 is 5.60 Å². The maximum atomic E-state index is 11.4. The lowest BCUT2D eigenvalue weighted by Crippen LogP contribution is -2.43. The summed E-state index contributed by atoms with van der Waals surface area (Å²) in [4.78, 5) is 11.4. The van der Waals surface area contributed by atoms with E-state index in [1.165, 1.54) is 0 Å². The minimum Gasteiger partial charge on any atom is -0.444 e. The van der Waals surface area contributed by atoms with Crippen molar-refractivity contribution in [2.45, 2.75) is 65.6 Å². The minimum absolute atomic E-state index is 0.252. The highest BCUT2D eigenvalue weighted by atomic mass is 16.6. The molecule has 2 N–H and O–H groups in total. The van der Waals surface area contributed by atoms with Gasteiger partial charge in [0.05, 0.1) is 0 Å². The van der Waals surface area contributed by atoms with E-state index in [9.17, 15) is 4.79 Å². The van der Waals surface area contributed by atoms with Gasteiger partial charge in [0.1, 0.15) is 5.60 Å². The maximum Gasteiger partial charge on any atom is 0.407 e. The molecule has 0 aromatic carbocycles. The third kappa shape index (κ3) is 8.53. The molecule has 0 saturated carbocycles. The van der Waals surface area contributed by atoms with Gasteiger partial charge in [-0.05, 0) is 41.0 Å². The number of nitrogens with one attached hydrogen (secondary N) is 2. The first-order valence-corrected chi connectivity index (χ1v) is 5.97. The molecule has 0 aromatic heterocycles. The molecule has 0 saturated heterocycles. The van der Waals surface area contributed by atoms with Crippen LogP contribution in [0.15, 0.2) is 0 Å². The predicted octanol–water partition coefficient (Wildman–Crippen LogP) is 2.29. The van der Waals surface area contributed by atoms with Gasteiger partial charge in [0.15, 0.2) is 0 Å². The van der Waals surface area contributed by atoms with Crippen LogP contribution in [-0.4, -0.2) is 30.3 Å². The first-order valence-electron chi connectivity index (χ1n) is 5.97. The molecule has 96 valence electrons. The molecule has 1 amide bonds. The molecule has 0 rings (SSSR count). The van der Waals surface area contributed by atoms with Crippen molar-refractivity contribution in [2.75, 3.05) is 6.54 Å². The van der Waals surface area contributed by atoms with Gasteiger partial charge in [-0.2, -0.15) is 0 Å². The van der Waals surface area contributed by atoms with Crippen LogP contribution >= 0.6 is 0 Å². The molecule has 2 atom stereocenters. The molecule has 0 aliphatic carbocycles. The number of ether oxygens (including phenoxy) is 1. The zero-order chi connectivity index (χ0) is 12.8. The van der Waals surface area contributed by atoms with Gasteiger partial charge in [0, 0.05) is 18.6 Å². The van der Waals surface area contributed by atoms with Crippen molar-refractivity contribution in [2.24, 2.45) is 0 Å². The molecule has 0 bridgehead atoms. The monoisotopic (exact) mass is 230 g/mol. The van der Waals surface area contributed by atoms with Gasteiger partial charge in [0.2, 0.25) is 0 Å². The Balaban J connectivity index is 3.75. The fourth-order valence-corrected chi connectivity index (χ4v) is 1.21. The topological polar surface area (TPSA) is 50.4 Å². The molecule has 2 unspecified atom stereocenters. The van der Waals surface area contributed by atoms with Gasteiger partial charge < -0.3 is 15.4 Å². The lowest BCUT2D eigenvalue weighted by molar-refractivity contribution is 0.0522. The lowest BCUT2D eigenvalue weighted by Gasteiger charge is -2.22. The molecule has 0 aromatic rings. The third-order valence-corrected chi connectivity index (χ3v) is 2.13. The molecule has 4 heteroatoms. The average molecular weight is 230 g/mol. The summed E-state index contributed by atoms with van der Waals surface area (Å²) in [7, 11) is 0. The number of hydrogen-bond donors (Lipinski definition) is 2. The highest BCUT2D eigenvalue weighted by Crippen LogP contribution is 2.06. The van der Waals surface area contributed by atoms with Crippen molar-refractivity contribution in [3.63, 3.8) is 0 Å². The van der Waals surface area contributed by atoms with E-state index in [-0.39, 0.29) is 12.1 Å². The van der Waals surface area contributed by atoms with Crippen molar-refractivity contribution in [3.05, 3.63) is 0 Å². The Labute approximate surface area is 99.1 Å². The van der Waals surface area contributed by atoms with Crippen LogP contribution in [0.1, 0.15) is 48.0 Å². The van der Waals surface area contributed by atoms with Crippen molar-refractivity contribution in [3.8, 4) is 0 Å². The molecule has 0 heterocycles. The van der Waals surface area contributed by atoms with E-state index >= 15 is 0 Å². The molecular weight excluding hydrogens is 204 g/mol. The molecule has 0 radical (unpaired) electrons. The fourth-order valence-electron chi connectivity index (χ4n) is 1.21. The van der Waals surface area contributed by atoms with Gasteiger partial charge in [-0.1, -0.05) is 6.92 Å². The predicted molar refractivity (Wildman–Crippen MR) is 66.6 cm³/mol. The van der Waals surface area contributed by atoms with Gasteiger partial charge in [0.25, 0.3) is 0 Å². The standard InChI is InChI=1S/C12H26N2O2/c1-7-9(2)14-10(3)8-13-11(15)16-12(4,5)6/h9-10,14H,7-8H2,1-6H3,(H,13,15). The van der Waals surface area contributed by atoms with Crippen LogP contribution in [0.4, 0.5) is 4.79 Å². The molecule has 4 nitrogen and oxygen atoms in total. The second-order valence-corrected chi connectivity index (χ2v) is 5.26. The number of alkyl carbamates (subject to hydrolysis) is 1. The molecule has 0 spiro atoms. The first kappa shape index (κ1) is 15.2. The van der Waals surface area contributed by atoms with E-state index in [1.807, 2.05) is 27.7 Å². The first-order chi connectivity index (χ1) is 7.24. The molecule has 0 fully saturated rings. The Bertz CT molecular complexity index is 212. The van der Waals surface area contributed by atoms with Gasteiger partial charge in [-0.25, -0.2) is 4.79 Å². The Hall–Kier alpha value is -0.770. The van der Waals surface area contributed by atoms with Crippen molar-refractivity contribution >= 4 is 6.09 Å². The van der Waals surface area contributed by atoms with Gasteiger partial charge >= 0.3 is 6.09 Å². The number of carbonyl (C=O) groups is 1. The largest absolute Gasteiger partial charge is 0.444 e. The summed E-state index contributed by atoms with van der Waals surface area (Å²) in [5, 5.41) is 6.12. The Morgan fingerprint density at radius 1 is 1.25 bits per heavy atom. The van der Waals surface area contributed by atoms with Crippen LogP contribution in [0.2, 0.25) is 0 Å². The van der Waals surface area contributed by atoms with E-state index in [4.69, 9.17) is 4.74 Å². The van der Waals surface area contributed by atoms with Crippen molar-refractivity contribution < 1.29 is 9.53 Å². The van der Waals surface area contributed by atoms with Crippen LogP contribution < -0.4 is 10.6 Å². The summed E-state index contributed by atoms with van der Waals surface area (Å²) in [5.41, 5.74) is -0.433. The van der Waals surface area contributed by atoms with Crippen molar-refractivity contribution in [1.82, 2.24) is 10.6 Å². The molecule has 16 heavy (non-hydrogen) atoms. The Kier molecular flexibility index (Phi) is 6.41. The zero-order valence-electron chi connectivity index (χ0n) is 11.4. The zero-order valence-corrected chi connectivity index (χ0v) is 11.4. The average Bonchev–Trinajstić information content (AvgIpc) is 2.12. The summed E-state index contributed by atoms with van der Waals surface area (Å²) in [5.74, 6) is 0. The van der Waals surface area contributed by atoms with Crippen LogP contribution in [0.5, 0.6) is 0 Å². The number of carbonyl (C=O) groups excluding carboxylic acids is 1. The smallest absolute Gasteiger partial charge is 0.407 e. The summed E-state index contributed by atoms with van der Waals surface area (Å²) >= 11 is 0. The second kappa shape index (κ2) is 6.74. The quantitative estimate of drug-likeness (QED) is 0.762. The van der Waals surface area contributed by atoms with Crippen LogP contribution in [0.25, 0.3) is 0 Å². The number of amides is 1. The molecule has 0 aliphatic rings. The van der Waals surface area contributed by atoms with Crippen molar-refractivity contribution in [1.29, 1.82) is 0 Å². The fraction of sp³-hybridized carbons (Fsp3) is 0.917. The van der Waals surface area contributed by atoms with E-state index in [0.29, 0.717) is 12.6 Å². The third-order valence-electron chi connectivity index (χ3n) is 2.13. The van der Waals surface area contributed by atoms with E-state index in [0.717, 1.165) is 6.42 Å². The molecular formula is C12H26N2O2. The normalized spacial score (nSPS) is 15.4. The number of hydrogen-bond acceptors (Lipinski definition) is 3.